The SMILES string of the molecule is C[C@@H]1OCCS[C@H]1C(=O)Nc1ccccc1. The lowest BCUT2D eigenvalue weighted by Crippen LogP contribution is -2.39. The highest BCUT2D eigenvalue weighted by Gasteiger charge is 2.29. The Morgan fingerprint density at radius 3 is 2.88 bits per heavy atom. The number of anilines is 1. The molecule has 1 amide bonds. The van der Waals surface area contributed by atoms with E-state index in [1.807, 2.05) is 37.3 Å². The molecule has 0 bridgehead atoms. The Labute approximate surface area is 99.6 Å². The van der Waals surface area contributed by atoms with Gasteiger partial charge < -0.3 is 10.1 Å². The summed E-state index contributed by atoms with van der Waals surface area (Å²) < 4.78 is 5.47. The van der Waals surface area contributed by atoms with Crippen LogP contribution in [0, 0.1) is 0 Å². The van der Waals surface area contributed by atoms with Crippen molar-refractivity contribution in [3.05, 3.63) is 30.3 Å². The number of para-hydroxylation sites is 1. The third-order valence-corrected chi connectivity index (χ3v) is 3.85. The first-order chi connectivity index (χ1) is 7.77. The highest BCUT2D eigenvalue weighted by atomic mass is 32.2. The second-order valence-electron chi connectivity index (χ2n) is 3.72. The smallest absolute Gasteiger partial charge is 0.240 e. The Bertz CT molecular complexity index is 355. The van der Waals surface area contributed by atoms with E-state index >= 15 is 0 Å². The molecule has 0 unspecified atom stereocenters. The Balaban J connectivity index is 1.97. The maximum Gasteiger partial charge on any atom is 0.240 e. The van der Waals surface area contributed by atoms with E-state index in [9.17, 15) is 4.79 Å². The number of carbonyl (C=O) groups is 1. The van der Waals surface area contributed by atoms with Gasteiger partial charge in [0.25, 0.3) is 0 Å². The third-order valence-electron chi connectivity index (χ3n) is 2.49. The van der Waals surface area contributed by atoms with E-state index in [1.165, 1.54) is 0 Å². The lowest BCUT2D eigenvalue weighted by Gasteiger charge is -2.27. The van der Waals surface area contributed by atoms with Crippen LogP contribution in [-0.4, -0.2) is 29.6 Å². The Morgan fingerprint density at radius 2 is 2.19 bits per heavy atom. The topological polar surface area (TPSA) is 38.3 Å². The minimum Gasteiger partial charge on any atom is -0.376 e. The fourth-order valence-corrected chi connectivity index (χ4v) is 2.66. The molecule has 1 heterocycles. The molecule has 0 spiro atoms. The van der Waals surface area contributed by atoms with E-state index < -0.39 is 0 Å². The summed E-state index contributed by atoms with van der Waals surface area (Å²) in [6.45, 7) is 2.68. The van der Waals surface area contributed by atoms with Gasteiger partial charge in [-0.05, 0) is 19.1 Å². The number of amides is 1. The summed E-state index contributed by atoms with van der Waals surface area (Å²) in [7, 11) is 0. The normalized spacial score (nSPS) is 25.1. The molecule has 86 valence electrons. The molecule has 1 saturated heterocycles. The van der Waals surface area contributed by atoms with Gasteiger partial charge in [-0.2, -0.15) is 0 Å². The van der Waals surface area contributed by atoms with E-state index in [1.54, 1.807) is 11.8 Å². The van der Waals surface area contributed by atoms with Crippen molar-refractivity contribution in [2.45, 2.75) is 18.3 Å². The first-order valence-electron chi connectivity index (χ1n) is 5.36. The average Bonchev–Trinajstić information content (AvgIpc) is 2.31. The van der Waals surface area contributed by atoms with Crippen LogP contribution in [0.5, 0.6) is 0 Å². The zero-order valence-corrected chi connectivity index (χ0v) is 10.00. The summed E-state index contributed by atoms with van der Waals surface area (Å²) in [6, 6.07) is 9.51. The standard InChI is InChI=1S/C12H15NO2S/c1-9-11(16-8-7-15-9)12(14)13-10-5-3-2-4-6-10/h2-6,9,11H,7-8H2,1H3,(H,13,14)/t9-,11+/m0/s1. The highest BCUT2D eigenvalue weighted by Crippen LogP contribution is 2.23. The number of carbonyl (C=O) groups excluding carboxylic acids is 1. The molecular weight excluding hydrogens is 222 g/mol. The molecule has 0 saturated carbocycles. The van der Waals surface area contributed by atoms with E-state index in [2.05, 4.69) is 5.32 Å². The maximum absolute atomic E-state index is 12.0. The number of rotatable bonds is 2. The van der Waals surface area contributed by atoms with Crippen LogP contribution in [0.4, 0.5) is 5.69 Å². The van der Waals surface area contributed by atoms with Crippen LogP contribution in [0.1, 0.15) is 6.92 Å². The van der Waals surface area contributed by atoms with Crippen LogP contribution < -0.4 is 5.32 Å². The number of hydrogen-bond donors (Lipinski definition) is 1. The zero-order chi connectivity index (χ0) is 11.4. The molecule has 2 atom stereocenters. The molecule has 0 aliphatic carbocycles. The molecular formula is C12H15NO2S. The van der Waals surface area contributed by atoms with Gasteiger partial charge in [-0.25, -0.2) is 0 Å². The van der Waals surface area contributed by atoms with Gasteiger partial charge in [0.1, 0.15) is 5.25 Å². The van der Waals surface area contributed by atoms with E-state index in [0.29, 0.717) is 0 Å². The predicted molar refractivity (Wildman–Crippen MR) is 66.7 cm³/mol. The van der Waals surface area contributed by atoms with Crippen molar-refractivity contribution in [3.8, 4) is 0 Å². The first-order valence-corrected chi connectivity index (χ1v) is 6.41. The predicted octanol–water partition coefficient (Wildman–Crippen LogP) is 2.15. The van der Waals surface area contributed by atoms with Gasteiger partial charge in [-0.3, -0.25) is 4.79 Å². The van der Waals surface area contributed by atoms with E-state index in [-0.39, 0.29) is 17.3 Å². The van der Waals surface area contributed by atoms with Crippen molar-refractivity contribution in [1.82, 2.24) is 0 Å². The monoisotopic (exact) mass is 237 g/mol. The van der Waals surface area contributed by atoms with Gasteiger partial charge in [0.05, 0.1) is 12.7 Å². The molecule has 1 aliphatic rings. The summed E-state index contributed by atoms with van der Waals surface area (Å²) in [5, 5.41) is 2.80. The minimum atomic E-state index is -0.103. The molecule has 0 aromatic heterocycles. The molecule has 1 fully saturated rings. The zero-order valence-electron chi connectivity index (χ0n) is 9.18. The Kier molecular flexibility index (Phi) is 3.85. The van der Waals surface area contributed by atoms with Crippen molar-refractivity contribution in [1.29, 1.82) is 0 Å². The molecule has 1 N–H and O–H groups in total. The van der Waals surface area contributed by atoms with Crippen LogP contribution >= 0.6 is 11.8 Å². The molecule has 1 aromatic rings. The summed E-state index contributed by atoms with van der Waals surface area (Å²) in [5.74, 6) is 0.917. The second kappa shape index (κ2) is 5.37. The summed E-state index contributed by atoms with van der Waals surface area (Å²) in [6.07, 6.45) is -0.0116. The van der Waals surface area contributed by atoms with Crippen molar-refractivity contribution in [2.24, 2.45) is 0 Å². The molecule has 4 heteroatoms. The number of hydrogen-bond acceptors (Lipinski definition) is 3. The average molecular weight is 237 g/mol. The number of ether oxygens (including phenoxy) is 1. The second-order valence-corrected chi connectivity index (χ2v) is 4.97. The number of benzene rings is 1. The minimum absolute atomic E-state index is 0.0116. The largest absolute Gasteiger partial charge is 0.376 e. The lowest BCUT2D eigenvalue weighted by molar-refractivity contribution is -0.118. The summed E-state index contributed by atoms with van der Waals surface area (Å²) in [4.78, 5) is 12.0. The van der Waals surface area contributed by atoms with Gasteiger partial charge >= 0.3 is 0 Å². The summed E-state index contributed by atoms with van der Waals surface area (Å²) >= 11 is 1.66. The van der Waals surface area contributed by atoms with E-state index in [4.69, 9.17) is 4.74 Å². The van der Waals surface area contributed by atoms with Crippen LogP contribution in [0.3, 0.4) is 0 Å². The van der Waals surface area contributed by atoms with E-state index in [0.717, 1.165) is 18.0 Å². The number of nitrogens with one attached hydrogen (secondary N) is 1. The third kappa shape index (κ3) is 2.77. The van der Waals surface area contributed by atoms with Gasteiger partial charge in [0.15, 0.2) is 0 Å². The van der Waals surface area contributed by atoms with Crippen LogP contribution in [-0.2, 0) is 9.53 Å². The fraction of sp³-hybridized carbons (Fsp3) is 0.417. The quantitative estimate of drug-likeness (QED) is 0.856. The number of thioether (sulfide) groups is 1. The lowest BCUT2D eigenvalue weighted by atomic mass is 10.2. The molecule has 0 radical (unpaired) electrons. The first kappa shape index (κ1) is 11.5. The molecule has 2 rings (SSSR count). The Morgan fingerprint density at radius 1 is 1.44 bits per heavy atom. The molecule has 1 aromatic carbocycles. The van der Waals surface area contributed by atoms with Gasteiger partial charge in [-0.1, -0.05) is 18.2 Å². The highest BCUT2D eigenvalue weighted by molar-refractivity contribution is 8.00. The molecule has 1 aliphatic heterocycles. The van der Waals surface area contributed by atoms with Crippen LogP contribution in [0.25, 0.3) is 0 Å². The fourth-order valence-electron chi connectivity index (χ4n) is 1.66. The van der Waals surface area contributed by atoms with Gasteiger partial charge in [0, 0.05) is 11.4 Å². The van der Waals surface area contributed by atoms with Crippen molar-refractivity contribution < 1.29 is 9.53 Å². The van der Waals surface area contributed by atoms with Crippen molar-refractivity contribution in [3.63, 3.8) is 0 Å². The van der Waals surface area contributed by atoms with Crippen LogP contribution in [0.2, 0.25) is 0 Å². The summed E-state index contributed by atoms with van der Waals surface area (Å²) in [5.41, 5.74) is 0.839. The maximum atomic E-state index is 12.0. The van der Waals surface area contributed by atoms with Crippen molar-refractivity contribution >= 4 is 23.4 Å². The Hall–Kier alpha value is -1.00. The van der Waals surface area contributed by atoms with Crippen LogP contribution in [0.15, 0.2) is 30.3 Å². The molecule has 16 heavy (non-hydrogen) atoms. The van der Waals surface area contributed by atoms with Gasteiger partial charge in [0.2, 0.25) is 5.91 Å². The van der Waals surface area contributed by atoms with Gasteiger partial charge in [-0.15, -0.1) is 11.8 Å². The molecule has 3 nitrogen and oxygen atoms in total. The van der Waals surface area contributed by atoms with Crippen molar-refractivity contribution in [2.75, 3.05) is 17.7 Å².